The van der Waals surface area contributed by atoms with Crippen LogP contribution in [0.1, 0.15) is 5.56 Å². The average Bonchev–Trinajstić information content (AvgIpc) is 2.44. The number of rotatable bonds is 2. The molecule has 0 saturated heterocycles. The SMILES string of the molecule is NOCc1ccc2nc(N)sc2c1. The van der Waals surface area contributed by atoms with Crippen molar-refractivity contribution in [3.63, 3.8) is 0 Å². The second kappa shape index (κ2) is 3.29. The molecule has 2 aromatic rings. The van der Waals surface area contributed by atoms with Crippen molar-refractivity contribution in [3.8, 4) is 0 Å². The van der Waals surface area contributed by atoms with E-state index in [9.17, 15) is 0 Å². The second-order valence-electron chi connectivity index (χ2n) is 2.67. The summed E-state index contributed by atoms with van der Waals surface area (Å²) >= 11 is 1.46. The zero-order chi connectivity index (χ0) is 9.26. The molecule has 0 atom stereocenters. The van der Waals surface area contributed by atoms with Gasteiger partial charge in [-0.25, -0.2) is 10.9 Å². The van der Waals surface area contributed by atoms with E-state index < -0.39 is 0 Å². The highest BCUT2D eigenvalue weighted by molar-refractivity contribution is 7.22. The molecule has 0 radical (unpaired) electrons. The Kier molecular flexibility index (Phi) is 2.13. The van der Waals surface area contributed by atoms with Gasteiger partial charge in [0.05, 0.1) is 16.8 Å². The standard InChI is InChI=1S/C8H9N3OS/c9-8-11-6-2-1-5(4-12-10)3-7(6)13-8/h1-3H,4,10H2,(H2,9,11). The lowest BCUT2D eigenvalue weighted by Gasteiger charge is -1.96. The van der Waals surface area contributed by atoms with E-state index in [1.165, 1.54) is 11.3 Å². The number of thiazole rings is 1. The lowest BCUT2D eigenvalue weighted by atomic mass is 10.2. The van der Waals surface area contributed by atoms with Crippen molar-refractivity contribution in [1.82, 2.24) is 4.98 Å². The monoisotopic (exact) mass is 195 g/mol. The Morgan fingerprint density at radius 3 is 3.08 bits per heavy atom. The first-order chi connectivity index (χ1) is 6.29. The molecule has 0 aliphatic rings. The van der Waals surface area contributed by atoms with E-state index in [-0.39, 0.29) is 0 Å². The van der Waals surface area contributed by atoms with Crippen molar-refractivity contribution in [1.29, 1.82) is 0 Å². The van der Waals surface area contributed by atoms with E-state index in [1.807, 2.05) is 18.2 Å². The van der Waals surface area contributed by atoms with Crippen LogP contribution < -0.4 is 11.6 Å². The predicted octanol–water partition coefficient (Wildman–Crippen LogP) is 1.27. The molecule has 0 saturated carbocycles. The smallest absolute Gasteiger partial charge is 0.181 e. The van der Waals surface area contributed by atoms with Gasteiger partial charge >= 0.3 is 0 Å². The van der Waals surface area contributed by atoms with Crippen LogP contribution in [0.2, 0.25) is 0 Å². The zero-order valence-electron chi connectivity index (χ0n) is 6.86. The number of nitrogens with zero attached hydrogens (tertiary/aromatic N) is 1. The van der Waals surface area contributed by atoms with E-state index >= 15 is 0 Å². The number of hydrogen-bond acceptors (Lipinski definition) is 5. The molecule has 0 spiro atoms. The second-order valence-corrected chi connectivity index (χ2v) is 3.73. The van der Waals surface area contributed by atoms with Gasteiger partial charge < -0.3 is 5.73 Å². The maximum Gasteiger partial charge on any atom is 0.181 e. The molecule has 0 aliphatic heterocycles. The molecule has 0 bridgehead atoms. The van der Waals surface area contributed by atoms with Crippen LogP contribution in [0, 0.1) is 0 Å². The number of aromatic nitrogens is 1. The number of benzene rings is 1. The van der Waals surface area contributed by atoms with E-state index in [0.29, 0.717) is 11.7 Å². The number of fused-ring (bicyclic) bond motifs is 1. The number of nitrogen functional groups attached to an aromatic ring is 1. The minimum atomic E-state index is 0.410. The Morgan fingerprint density at radius 2 is 2.31 bits per heavy atom. The highest BCUT2D eigenvalue weighted by atomic mass is 32.1. The Balaban J connectivity index is 2.48. The number of hydrogen-bond donors (Lipinski definition) is 2. The summed E-state index contributed by atoms with van der Waals surface area (Å²) in [6, 6.07) is 5.82. The number of anilines is 1. The Hall–Kier alpha value is -1.17. The molecule has 4 nitrogen and oxygen atoms in total. The largest absolute Gasteiger partial charge is 0.375 e. The highest BCUT2D eigenvalue weighted by Gasteiger charge is 2.01. The molecule has 0 unspecified atom stereocenters. The topological polar surface area (TPSA) is 74.2 Å². The highest BCUT2D eigenvalue weighted by Crippen LogP contribution is 2.24. The summed E-state index contributed by atoms with van der Waals surface area (Å²) in [6.45, 7) is 0.410. The molecule has 1 heterocycles. The Bertz CT molecular complexity index is 426. The summed E-state index contributed by atoms with van der Waals surface area (Å²) in [4.78, 5) is 8.68. The fourth-order valence-corrected chi connectivity index (χ4v) is 1.97. The maximum absolute atomic E-state index is 5.57. The predicted molar refractivity (Wildman–Crippen MR) is 53.0 cm³/mol. The van der Waals surface area contributed by atoms with Crippen molar-refractivity contribution in [2.24, 2.45) is 5.90 Å². The first kappa shape index (κ1) is 8.43. The lowest BCUT2D eigenvalue weighted by molar-refractivity contribution is 0.124. The molecular weight excluding hydrogens is 186 g/mol. The molecule has 13 heavy (non-hydrogen) atoms. The summed E-state index contributed by atoms with van der Waals surface area (Å²) in [6.07, 6.45) is 0. The summed E-state index contributed by atoms with van der Waals surface area (Å²) in [7, 11) is 0. The molecule has 0 aliphatic carbocycles. The number of nitrogens with two attached hydrogens (primary N) is 2. The molecule has 4 N–H and O–H groups in total. The minimum absolute atomic E-state index is 0.410. The molecule has 0 fully saturated rings. The Morgan fingerprint density at radius 1 is 1.46 bits per heavy atom. The van der Waals surface area contributed by atoms with Gasteiger partial charge in [-0.05, 0) is 17.7 Å². The third-order valence-corrected chi connectivity index (χ3v) is 2.57. The fraction of sp³-hybridized carbons (Fsp3) is 0.125. The van der Waals surface area contributed by atoms with Crippen molar-refractivity contribution < 1.29 is 4.84 Å². The third kappa shape index (κ3) is 1.62. The van der Waals surface area contributed by atoms with Crippen molar-refractivity contribution in [2.45, 2.75) is 6.61 Å². The average molecular weight is 195 g/mol. The van der Waals surface area contributed by atoms with Gasteiger partial charge in [0.1, 0.15) is 0 Å². The van der Waals surface area contributed by atoms with Crippen LogP contribution >= 0.6 is 11.3 Å². The molecular formula is C8H9N3OS. The van der Waals surface area contributed by atoms with E-state index in [0.717, 1.165) is 15.8 Å². The molecule has 0 amide bonds. The van der Waals surface area contributed by atoms with E-state index in [4.69, 9.17) is 11.6 Å². The van der Waals surface area contributed by atoms with Gasteiger partial charge in [0.25, 0.3) is 0 Å². The molecule has 68 valence electrons. The minimum Gasteiger partial charge on any atom is -0.375 e. The van der Waals surface area contributed by atoms with E-state index in [1.54, 1.807) is 0 Å². The molecule has 1 aromatic heterocycles. The zero-order valence-corrected chi connectivity index (χ0v) is 7.67. The van der Waals surface area contributed by atoms with Crippen molar-refractivity contribution in [3.05, 3.63) is 23.8 Å². The summed E-state index contributed by atoms with van der Waals surface area (Å²) in [5.74, 6) is 4.97. The first-order valence-electron chi connectivity index (χ1n) is 3.76. The molecule has 5 heteroatoms. The van der Waals surface area contributed by atoms with Gasteiger partial charge in [-0.15, -0.1) is 0 Å². The fourth-order valence-electron chi connectivity index (χ4n) is 1.17. The van der Waals surface area contributed by atoms with Gasteiger partial charge in [0.15, 0.2) is 5.13 Å². The molecule has 2 rings (SSSR count). The van der Waals surface area contributed by atoms with Gasteiger partial charge in [0, 0.05) is 0 Å². The Labute approximate surface area is 79.1 Å². The molecule has 1 aromatic carbocycles. The summed E-state index contributed by atoms with van der Waals surface area (Å²) in [5, 5.41) is 0.584. The van der Waals surface area contributed by atoms with Gasteiger partial charge in [-0.1, -0.05) is 17.4 Å². The van der Waals surface area contributed by atoms with Crippen LogP contribution in [0.25, 0.3) is 10.2 Å². The van der Waals surface area contributed by atoms with Crippen LogP contribution in [0.15, 0.2) is 18.2 Å². The van der Waals surface area contributed by atoms with Crippen LogP contribution in [-0.2, 0) is 11.4 Å². The van der Waals surface area contributed by atoms with Crippen LogP contribution in [-0.4, -0.2) is 4.98 Å². The van der Waals surface area contributed by atoms with Gasteiger partial charge in [-0.3, -0.25) is 4.84 Å². The lowest BCUT2D eigenvalue weighted by Crippen LogP contribution is -1.98. The quantitative estimate of drug-likeness (QED) is 0.708. The summed E-state index contributed by atoms with van der Waals surface area (Å²) < 4.78 is 1.06. The van der Waals surface area contributed by atoms with Crippen LogP contribution in [0.5, 0.6) is 0 Å². The van der Waals surface area contributed by atoms with Gasteiger partial charge in [-0.2, -0.15) is 0 Å². The van der Waals surface area contributed by atoms with Crippen LogP contribution in [0.3, 0.4) is 0 Å². The normalized spacial score (nSPS) is 10.8. The summed E-state index contributed by atoms with van der Waals surface area (Å²) in [5.41, 5.74) is 7.51. The third-order valence-electron chi connectivity index (χ3n) is 1.72. The van der Waals surface area contributed by atoms with Crippen molar-refractivity contribution >= 4 is 26.7 Å². The first-order valence-corrected chi connectivity index (χ1v) is 4.58. The van der Waals surface area contributed by atoms with Crippen molar-refractivity contribution in [2.75, 3.05) is 5.73 Å². The van der Waals surface area contributed by atoms with E-state index in [2.05, 4.69) is 9.82 Å². The van der Waals surface area contributed by atoms with Gasteiger partial charge in [0.2, 0.25) is 0 Å². The maximum atomic E-state index is 5.57. The van der Waals surface area contributed by atoms with Crippen LogP contribution in [0.4, 0.5) is 5.13 Å².